The summed E-state index contributed by atoms with van der Waals surface area (Å²) in [4.78, 5) is 28.9. The van der Waals surface area contributed by atoms with Crippen LogP contribution in [0.5, 0.6) is 5.75 Å². The van der Waals surface area contributed by atoms with Crippen LogP contribution in [0.25, 0.3) is 15.3 Å². The number of hydrogen-bond acceptors (Lipinski definition) is 6. The summed E-state index contributed by atoms with van der Waals surface area (Å²) in [6.45, 7) is 5.83. The molecule has 0 spiro atoms. The zero-order chi connectivity index (χ0) is 21.3. The summed E-state index contributed by atoms with van der Waals surface area (Å²) in [5, 5.41) is 8.02. The van der Waals surface area contributed by atoms with Crippen molar-refractivity contribution in [3.05, 3.63) is 65.4 Å². The number of fused-ring (bicyclic) bond motifs is 1. The summed E-state index contributed by atoms with van der Waals surface area (Å²) >= 11 is 1.47. The topological polar surface area (TPSA) is 86.1 Å². The number of benzene rings is 2. The largest absolute Gasteiger partial charge is 0.492 e. The maximum Gasteiger partial charge on any atom is 0.256 e. The number of aromatic nitrogens is 3. The monoisotopic (exact) mass is 420 g/mol. The molecule has 0 aliphatic heterocycles. The fourth-order valence-electron chi connectivity index (χ4n) is 3.05. The Kier molecular flexibility index (Phi) is 5.33. The Hall–Kier alpha value is -3.52. The van der Waals surface area contributed by atoms with Crippen LogP contribution in [0.15, 0.2) is 48.5 Å². The third kappa shape index (κ3) is 3.81. The number of ketones is 1. The van der Waals surface area contributed by atoms with Gasteiger partial charge in [-0.3, -0.25) is 9.59 Å². The molecule has 0 radical (unpaired) electrons. The molecule has 0 bridgehead atoms. The highest BCUT2D eigenvalue weighted by atomic mass is 32.1. The van der Waals surface area contributed by atoms with Gasteiger partial charge < -0.3 is 10.1 Å². The molecule has 0 saturated heterocycles. The Balaban J connectivity index is 1.66. The summed E-state index contributed by atoms with van der Waals surface area (Å²) in [5.74, 6) is 0.906. The lowest BCUT2D eigenvalue weighted by Crippen LogP contribution is -2.15. The minimum Gasteiger partial charge on any atom is -0.492 e. The first kappa shape index (κ1) is 19.8. The molecule has 0 atom stereocenters. The Bertz CT molecular complexity index is 1240. The van der Waals surface area contributed by atoms with Crippen LogP contribution in [0.3, 0.4) is 0 Å². The van der Waals surface area contributed by atoms with Crippen molar-refractivity contribution in [1.29, 1.82) is 0 Å². The quantitative estimate of drug-likeness (QED) is 0.459. The summed E-state index contributed by atoms with van der Waals surface area (Å²) < 4.78 is 8.27. The Morgan fingerprint density at radius 3 is 2.57 bits per heavy atom. The number of aryl methyl sites for hydroxylation is 1. The second kappa shape index (κ2) is 8.08. The Labute approximate surface area is 177 Å². The summed E-state index contributed by atoms with van der Waals surface area (Å²) in [7, 11) is 0. The zero-order valence-corrected chi connectivity index (χ0v) is 17.6. The van der Waals surface area contributed by atoms with E-state index in [4.69, 9.17) is 9.72 Å². The fraction of sp³-hybridized carbons (Fsp3) is 0.182. The summed E-state index contributed by atoms with van der Waals surface area (Å²) in [6, 6.07) is 14.1. The summed E-state index contributed by atoms with van der Waals surface area (Å²) in [6.07, 6.45) is 0. The Morgan fingerprint density at radius 1 is 1.13 bits per heavy atom. The van der Waals surface area contributed by atoms with Gasteiger partial charge in [-0.05, 0) is 45.0 Å². The van der Waals surface area contributed by atoms with Crippen LogP contribution in [0, 0.1) is 6.92 Å². The molecule has 1 amide bonds. The molecule has 8 heteroatoms. The van der Waals surface area contributed by atoms with Gasteiger partial charge in [0.15, 0.2) is 5.78 Å². The SMILES string of the molecule is CCOc1cccc2sc(-n3nc(C)cc3NC(=O)c3ccc(C(C)=O)cc3)nc12. The fourth-order valence-corrected chi connectivity index (χ4v) is 4.00. The molecular formula is C22H20N4O3S. The molecule has 4 aromatic rings. The first-order chi connectivity index (χ1) is 14.5. The van der Waals surface area contributed by atoms with E-state index in [2.05, 4.69) is 10.4 Å². The number of hydrogen-bond donors (Lipinski definition) is 1. The number of carbonyl (C=O) groups is 2. The standard InChI is InChI=1S/C22H20N4O3S/c1-4-29-17-6-5-7-18-20(17)24-22(30-18)26-19(12-13(2)25-26)23-21(28)16-10-8-15(9-11-16)14(3)27/h5-12H,4H2,1-3H3,(H,23,28). The third-order valence-electron chi connectivity index (χ3n) is 4.48. The van der Waals surface area contributed by atoms with Crippen LogP contribution in [0.2, 0.25) is 0 Å². The van der Waals surface area contributed by atoms with Crippen LogP contribution in [0.4, 0.5) is 5.82 Å². The van der Waals surface area contributed by atoms with E-state index in [1.165, 1.54) is 18.3 Å². The van der Waals surface area contributed by atoms with Gasteiger partial charge in [-0.1, -0.05) is 29.5 Å². The normalized spacial score (nSPS) is 10.9. The Morgan fingerprint density at radius 2 is 1.87 bits per heavy atom. The van der Waals surface area contributed by atoms with Crippen LogP contribution in [0.1, 0.15) is 40.3 Å². The second-order valence-corrected chi connectivity index (χ2v) is 7.71. The van der Waals surface area contributed by atoms with Crippen molar-refractivity contribution in [2.45, 2.75) is 20.8 Å². The average Bonchev–Trinajstić information content (AvgIpc) is 3.32. The van der Waals surface area contributed by atoms with Gasteiger partial charge in [0, 0.05) is 17.2 Å². The molecule has 30 heavy (non-hydrogen) atoms. The van der Waals surface area contributed by atoms with E-state index in [0.717, 1.165) is 21.7 Å². The number of anilines is 1. The number of thiazole rings is 1. The number of amides is 1. The van der Waals surface area contributed by atoms with Gasteiger partial charge in [-0.25, -0.2) is 4.98 Å². The van der Waals surface area contributed by atoms with Gasteiger partial charge in [0.25, 0.3) is 5.91 Å². The van der Waals surface area contributed by atoms with E-state index in [9.17, 15) is 9.59 Å². The van der Waals surface area contributed by atoms with Gasteiger partial charge >= 0.3 is 0 Å². The predicted molar refractivity (Wildman–Crippen MR) is 117 cm³/mol. The molecule has 0 saturated carbocycles. The number of rotatable bonds is 6. The molecule has 152 valence electrons. The molecule has 2 aromatic heterocycles. The molecule has 7 nitrogen and oxygen atoms in total. The van der Waals surface area contributed by atoms with E-state index in [1.54, 1.807) is 35.0 Å². The van der Waals surface area contributed by atoms with Crippen molar-refractivity contribution in [3.63, 3.8) is 0 Å². The lowest BCUT2D eigenvalue weighted by molar-refractivity contribution is 0.100. The van der Waals surface area contributed by atoms with Crippen molar-refractivity contribution >= 4 is 39.1 Å². The van der Waals surface area contributed by atoms with E-state index in [1.807, 2.05) is 32.0 Å². The lowest BCUT2D eigenvalue weighted by Gasteiger charge is -2.07. The maximum atomic E-state index is 12.7. The van der Waals surface area contributed by atoms with Gasteiger partial charge in [-0.15, -0.1) is 0 Å². The highest BCUT2D eigenvalue weighted by molar-refractivity contribution is 7.20. The third-order valence-corrected chi connectivity index (χ3v) is 5.47. The van der Waals surface area contributed by atoms with Crippen LogP contribution < -0.4 is 10.1 Å². The molecule has 0 aliphatic carbocycles. The highest BCUT2D eigenvalue weighted by Crippen LogP contribution is 2.32. The summed E-state index contributed by atoms with van der Waals surface area (Å²) in [5.41, 5.74) is 2.53. The smallest absolute Gasteiger partial charge is 0.256 e. The highest BCUT2D eigenvalue weighted by Gasteiger charge is 2.17. The van der Waals surface area contributed by atoms with Crippen LogP contribution in [-0.2, 0) is 0 Å². The average molecular weight is 420 g/mol. The second-order valence-electron chi connectivity index (χ2n) is 6.70. The maximum absolute atomic E-state index is 12.7. The van der Waals surface area contributed by atoms with Crippen molar-refractivity contribution in [1.82, 2.24) is 14.8 Å². The first-order valence-corrected chi connectivity index (χ1v) is 10.3. The molecule has 0 aliphatic rings. The zero-order valence-electron chi connectivity index (χ0n) is 16.8. The molecule has 2 heterocycles. The van der Waals surface area contributed by atoms with E-state index in [0.29, 0.717) is 28.7 Å². The number of nitrogens with one attached hydrogen (secondary N) is 1. The predicted octanol–water partition coefficient (Wildman–Crippen LogP) is 4.64. The minimum atomic E-state index is -0.289. The lowest BCUT2D eigenvalue weighted by atomic mass is 10.1. The number of para-hydroxylation sites is 1. The molecule has 2 aromatic carbocycles. The number of nitrogens with zero attached hydrogens (tertiary/aromatic N) is 3. The van der Waals surface area contributed by atoms with Gasteiger partial charge in [0.1, 0.15) is 17.1 Å². The van der Waals surface area contributed by atoms with Crippen LogP contribution >= 0.6 is 11.3 Å². The van der Waals surface area contributed by atoms with E-state index < -0.39 is 0 Å². The molecular weight excluding hydrogens is 400 g/mol. The number of carbonyl (C=O) groups excluding carboxylic acids is 2. The van der Waals surface area contributed by atoms with Crippen molar-refractivity contribution < 1.29 is 14.3 Å². The van der Waals surface area contributed by atoms with Gasteiger partial charge in [0.05, 0.1) is 17.0 Å². The van der Waals surface area contributed by atoms with Crippen molar-refractivity contribution in [2.75, 3.05) is 11.9 Å². The number of ether oxygens (including phenoxy) is 1. The number of Topliss-reactive ketones (excluding diaryl/α,β-unsaturated/α-hetero) is 1. The van der Waals surface area contributed by atoms with Crippen LogP contribution in [-0.4, -0.2) is 33.1 Å². The van der Waals surface area contributed by atoms with Gasteiger partial charge in [-0.2, -0.15) is 9.78 Å². The first-order valence-electron chi connectivity index (χ1n) is 9.48. The van der Waals surface area contributed by atoms with Crippen molar-refractivity contribution in [3.8, 4) is 10.9 Å². The molecule has 4 rings (SSSR count). The molecule has 0 unspecified atom stereocenters. The van der Waals surface area contributed by atoms with Gasteiger partial charge in [0.2, 0.25) is 5.13 Å². The minimum absolute atomic E-state index is 0.0436. The molecule has 0 fully saturated rings. The van der Waals surface area contributed by atoms with E-state index in [-0.39, 0.29) is 11.7 Å². The van der Waals surface area contributed by atoms with Crippen molar-refractivity contribution in [2.24, 2.45) is 0 Å². The molecule has 1 N–H and O–H groups in total. The van der Waals surface area contributed by atoms with E-state index >= 15 is 0 Å².